The lowest BCUT2D eigenvalue weighted by Crippen LogP contribution is -2.32. The van der Waals surface area contributed by atoms with Gasteiger partial charge in [0.15, 0.2) is 0 Å². The standard InChI is InChI=1S/C20H24N2O3/c1-13-7-5-10-17(14(13)2)21-18(23)11-6-12-22-19(24)15-8-3-4-9-16(15)20(22)25/h3-5,7,10,15-16H,6,8-9,11-12H2,1-2H3,(H,21,23)/t15-,16-/m0/s1. The van der Waals surface area contributed by atoms with E-state index in [1.807, 2.05) is 44.2 Å². The molecule has 1 aromatic rings. The van der Waals surface area contributed by atoms with Crippen molar-refractivity contribution in [3.8, 4) is 0 Å². The van der Waals surface area contributed by atoms with E-state index in [9.17, 15) is 14.4 Å². The topological polar surface area (TPSA) is 66.5 Å². The Bertz CT molecular complexity index is 712. The molecule has 132 valence electrons. The quantitative estimate of drug-likeness (QED) is 0.662. The number of anilines is 1. The minimum atomic E-state index is -0.193. The number of rotatable bonds is 5. The first kappa shape index (κ1) is 17.4. The number of allylic oxidation sites excluding steroid dienone is 2. The van der Waals surface area contributed by atoms with Gasteiger partial charge in [0.1, 0.15) is 0 Å². The predicted octanol–water partition coefficient (Wildman–Crippen LogP) is 2.97. The number of carbonyl (C=O) groups is 3. The fourth-order valence-corrected chi connectivity index (χ4v) is 3.59. The summed E-state index contributed by atoms with van der Waals surface area (Å²) in [6, 6.07) is 5.80. The van der Waals surface area contributed by atoms with Gasteiger partial charge in [-0.15, -0.1) is 0 Å². The summed E-state index contributed by atoms with van der Waals surface area (Å²) < 4.78 is 0. The molecule has 1 saturated heterocycles. The highest BCUT2D eigenvalue weighted by Crippen LogP contribution is 2.35. The van der Waals surface area contributed by atoms with Crippen molar-refractivity contribution in [2.75, 3.05) is 11.9 Å². The second-order valence-electron chi connectivity index (χ2n) is 6.88. The van der Waals surface area contributed by atoms with Gasteiger partial charge in [0.25, 0.3) is 0 Å². The second kappa shape index (κ2) is 7.21. The first-order valence-electron chi connectivity index (χ1n) is 8.85. The molecule has 0 spiro atoms. The molecule has 5 nitrogen and oxygen atoms in total. The Morgan fingerprint density at radius 3 is 2.40 bits per heavy atom. The molecule has 0 unspecified atom stereocenters. The van der Waals surface area contributed by atoms with Gasteiger partial charge in [0, 0.05) is 18.7 Å². The van der Waals surface area contributed by atoms with Gasteiger partial charge >= 0.3 is 0 Å². The zero-order valence-electron chi connectivity index (χ0n) is 14.7. The lowest BCUT2D eigenvalue weighted by Gasteiger charge is -2.15. The summed E-state index contributed by atoms with van der Waals surface area (Å²) >= 11 is 0. The van der Waals surface area contributed by atoms with E-state index in [-0.39, 0.29) is 36.0 Å². The number of amides is 3. The monoisotopic (exact) mass is 340 g/mol. The van der Waals surface area contributed by atoms with E-state index in [4.69, 9.17) is 0 Å². The number of imide groups is 1. The molecule has 0 saturated carbocycles. The molecule has 3 amide bonds. The van der Waals surface area contributed by atoms with Crippen LogP contribution in [0.2, 0.25) is 0 Å². The van der Waals surface area contributed by atoms with Crippen LogP contribution in [-0.2, 0) is 14.4 Å². The van der Waals surface area contributed by atoms with Gasteiger partial charge in [-0.1, -0.05) is 24.3 Å². The van der Waals surface area contributed by atoms with Crippen LogP contribution in [0.4, 0.5) is 5.69 Å². The molecule has 1 aromatic carbocycles. The van der Waals surface area contributed by atoms with Crippen molar-refractivity contribution in [1.29, 1.82) is 0 Å². The largest absolute Gasteiger partial charge is 0.326 e. The zero-order chi connectivity index (χ0) is 18.0. The molecule has 25 heavy (non-hydrogen) atoms. The lowest BCUT2D eigenvalue weighted by atomic mass is 9.85. The first-order valence-corrected chi connectivity index (χ1v) is 8.85. The molecule has 1 fully saturated rings. The lowest BCUT2D eigenvalue weighted by molar-refractivity contribution is -0.140. The van der Waals surface area contributed by atoms with Crippen molar-refractivity contribution in [1.82, 2.24) is 4.90 Å². The summed E-state index contributed by atoms with van der Waals surface area (Å²) in [5, 5.41) is 2.91. The van der Waals surface area contributed by atoms with Crippen LogP contribution in [0.1, 0.15) is 36.8 Å². The average Bonchev–Trinajstić information content (AvgIpc) is 2.84. The molecule has 0 radical (unpaired) electrons. The Morgan fingerprint density at radius 2 is 1.76 bits per heavy atom. The Labute approximate surface area is 148 Å². The number of hydrogen-bond acceptors (Lipinski definition) is 3. The Hall–Kier alpha value is -2.43. The maximum Gasteiger partial charge on any atom is 0.233 e. The number of carbonyl (C=O) groups excluding carboxylic acids is 3. The van der Waals surface area contributed by atoms with Crippen LogP contribution in [0, 0.1) is 25.7 Å². The number of fused-ring (bicyclic) bond motifs is 1. The first-order chi connectivity index (χ1) is 12.0. The van der Waals surface area contributed by atoms with Gasteiger partial charge < -0.3 is 5.32 Å². The molecule has 1 heterocycles. The molecule has 2 aliphatic rings. The van der Waals surface area contributed by atoms with Gasteiger partial charge in [-0.25, -0.2) is 0 Å². The number of nitrogens with one attached hydrogen (secondary N) is 1. The third kappa shape index (κ3) is 3.50. The fraction of sp³-hybridized carbons (Fsp3) is 0.450. The van der Waals surface area contributed by atoms with E-state index in [1.54, 1.807) is 0 Å². The Balaban J connectivity index is 1.51. The molecular formula is C20H24N2O3. The van der Waals surface area contributed by atoms with E-state index in [0.717, 1.165) is 16.8 Å². The minimum Gasteiger partial charge on any atom is -0.326 e. The van der Waals surface area contributed by atoms with Crippen LogP contribution in [-0.4, -0.2) is 29.2 Å². The number of aryl methyl sites for hydroxylation is 1. The smallest absolute Gasteiger partial charge is 0.233 e. The molecule has 0 bridgehead atoms. The maximum absolute atomic E-state index is 12.4. The summed E-state index contributed by atoms with van der Waals surface area (Å²) in [6.45, 7) is 4.30. The van der Waals surface area contributed by atoms with Gasteiger partial charge in [-0.2, -0.15) is 0 Å². The van der Waals surface area contributed by atoms with Crippen LogP contribution in [0.5, 0.6) is 0 Å². The zero-order valence-corrected chi connectivity index (χ0v) is 14.7. The molecule has 5 heteroatoms. The maximum atomic E-state index is 12.4. The third-order valence-corrected chi connectivity index (χ3v) is 5.26. The van der Waals surface area contributed by atoms with E-state index in [1.165, 1.54) is 4.90 Å². The van der Waals surface area contributed by atoms with Crippen LogP contribution < -0.4 is 5.32 Å². The van der Waals surface area contributed by atoms with Crippen molar-refractivity contribution in [3.05, 3.63) is 41.5 Å². The van der Waals surface area contributed by atoms with Gasteiger partial charge in [0.2, 0.25) is 17.7 Å². The van der Waals surface area contributed by atoms with E-state index < -0.39 is 0 Å². The molecule has 3 rings (SSSR count). The fourth-order valence-electron chi connectivity index (χ4n) is 3.59. The highest BCUT2D eigenvalue weighted by Gasteiger charge is 2.46. The SMILES string of the molecule is Cc1cccc(NC(=O)CCCN2C(=O)[C@H]3CC=CC[C@@H]3C2=O)c1C. The molecule has 2 atom stereocenters. The molecule has 0 aromatic heterocycles. The van der Waals surface area contributed by atoms with Crippen molar-refractivity contribution in [3.63, 3.8) is 0 Å². The number of benzene rings is 1. The summed E-state index contributed by atoms with van der Waals surface area (Å²) in [4.78, 5) is 38.2. The average molecular weight is 340 g/mol. The van der Waals surface area contributed by atoms with Crippen LogP contribution in [0.15, 0.2) is 30.4 Å². The van der Waals surface area contributed by atoms with E-state index in [2.05, 4.69) is 5.32 Å². The molecule has 1 N–H and O–H groups in total. The van der Waals surface area contributed by atoms with Crippen molar-refractivity contribution in [2.45, 2.75) is 39.5 Å². The summed E-state index contributed by atoms with van der Waals surface area (Å²) in [6.07, 6.45) is 6.04. The Morgan fingerprint density at radius 1 is 1.12 bits per heavy atom. The summed E-state index contributed by atoms with van der Waals surface area (Å²) in [5.41, 5.74) is 3.00. The van der Waals surface area contributed by atoms with Gasteiger partial charge in [-0.05, 0) is 50.3 Å². The minimum absolute atomic E-state index is 0.0747. The van der Waals surface area contributed by atoms with E-state index in [0.29, 0.717) is 25.8 Å². The second-order valence-corrected chi connectivity index (χ2v) is 6.88. The van der Waals surface area contributed by atoms with Crippen molar-refractivity contribution >= 4 is 23.4 Å². The summed E-state index contributed by atoms with van der Waals surface area (Å²) in [7, 11) is 0. The van der Waals surface area contributed by atoms with Gasteiger partial charge in [0.05, 0.1) is 11.8 Å². The Kier molecular flexibility index (Phi) is 5.02. The van der Waals surface area contributed by atoms with Crippen molar-refractivity contribution < 1.29 is 14.4 Å². The third-order valence-electron chi connectivity index (χ3n) is 5.26. The molecule has 1 aliphatic heterocycles. The number of likely N-dealkylation sites (tertiary alicyclic amines) is 1. The van der Waals surface area contributed by atoms with Crippen LogP contribution >= 0.6 is 0 Å². The molecule has 1 aliphatic carbocycles. The summed E-state index contributed by atoms with van der Waals surface area (Å²) in [5.74, 6) is -0.627. The number of hydrogen-bond donors (Lipinski definition) is 1. The normalized spacial score (nSPS) is 22.2. The highest BCUT2D eigenvalue weighted by molar-refractivity contribution is 6.05. The van der Waals surface area contributed by atoms with Crippen molar-refractivity contribution in [2.24, 2.45) is 11.8 Å². The predicted molar refractivity (Wildman–Crippen MR) is 95.9 cm³/mol. The van der Waals surface area contributed by atoms with Crippen LogP contribution in [0.25, 0.3) is 0 Å². The van der Waals surface area contributed by atoms with Crippen LogP contribution in [0.3, 0.4) is 0 Å². The molecular weight excluding hydrogens is 316 g/mol. The van der Waals surface area contributed by atoms with Gasteiger partial charge in [-0.3, -0.25) is 19.3 Å². The highest BCUT2D eigenvalue weighted by atomic mass is 16.2. The van der Waals surface area contributed by atoms with E-state index >= 15 is 0 Å². The number of nitrogens with zero attached hydrogens (tertiary/aromatic N) is 1.